The summed E-state index contributed by atoms with van der Waals surface area (Å²) in [5.74, 6) is 0.556. The molecule has 106 valence electrons. The Morgan fingerprint density at radius 2 is 1.67 bits per heavy atom. The van der Waals surface area contributed by atoms with Crippen molar-refractivity contribution in [2.24, 2.45) is 0 Å². The Balaban J connectivity index is 2.08. The third-order valence-electron chi connectivity index (χ3n) is 3.82. The van der Waals surface area contributed by atoms with Crippen LogP contribution in [0.4, 0.5) is 0 Å². The first-order valence-corrected chi connectivity index (χ1v) is 7.37. The van der Waals surface area contributed by atoms with E-state index in [-0.39, 0.29) is 0 Å². The van der Waals surface area contributed by atoms with Gasteiger partial charge in [-0.2, -0.15) is 0 Å². The lowest BCUT2D eigenvalue weighted by Crippen LogP contribution is -2.00. The highest BCUT2D eigenvalue weighted by molar-refractivity contribution is 5.60. The van der Waals surface area contributed by atoms with Crippen LogP contribution in [0, 0.1) is 6.92 Å². The maximum absolute atomic E-state index is 4.47. The summed E-state index contributed by atoms with van der Waals surface area (Å²) in [4.78, 5) is 4.47. The minimum absolute atomic E-state index is 0.556. The molecule has 0 saturated carbocycles. The van der Waals surface area contributed by atoms with Crippen LogP contribution in [0.5, 0.6) is 0 Å². The van der Waals surface area contributed by atoms with Crippen molar-refractivity contribution in [3.8, 4) is 17.1 Å². The molecule has 0 unspecified atom stereocenters. The van der Waals surface area contributed by atoms with Gasteiger partial charge in [0.1, 0.15) is 0 Å². The largest absolute Gasteiger partial charge is 0.312 e. The van der Waals surface area contributed by atoms with Crippen LogP contribution in [0.3, 0.4) is 0 Å². The first kappa shape index (κ1) is 13.6. The molecule has 0 N–H and O–H groups in total. The normalized spacial score (nSPS) is 11.0. The van der Waals surface area contributed by atoms with Crippen LogP contribution in [0.1, 0.15) is 31.0 Å². The monoisotopic (exact) mass is 276 g/mol. The van der Waals surface area contributed by atoms with Crippen LogP contribution in [0.15, 0.2) is 60.8 Å². The smallest absolute Gasteiger partial charge is 0.0870 e. The summed E-state index contributed by atoms with van der Waals surface area (Å²) in [6, 6.07) is 19.1. The Labute approximate surface area is 126 Å². The van der Waals surface area contributed by atoms with E-state index in [0.29, 0.717) is 5.92 Å². The van der Waals surface area contributed by atoms with Crippen LogP contribution in [0.2, 0.25) is 0 Å². The highest BCUT2D eigenvalue weighted by atomic mass is 15.0. The van der Waals surface area contributed by atoms with E-state index in [1.165, 1.54) is 16.9 Å². The summed E-state index contributed by atoms with van der Waals surface area (Å²) in [5.41, 5.74) is 5.89. The van der Waals surface area contributed by atoms with Gasteiger partial charge in [-0.1, -0.05) is 32.0 Å². The second-order valence-electron chi connectivity index (χ2n) is 5.66. The van der Waals surface area contributed by atoms with Gasteiger partial charge in [-0.25, -0.2) is 0 Å². The molecular weight excluding hydrogens is 256 g/mol. The summed E-state index contributed by atoms with van der Waals surface area (Å²) in [6.07, 6.45) is 1.84. The van der Waals surface area contributed by atoms with Gasteiger partial charge in [-0.3, -0.25) is 4.98 Å². The van der Waals surface area contributed by atoms with E-state index in [4.69, 9.17) is 0 Å². The third-order valence-corrected chi connectivity index (χ3v) is 3.82. The fraction of sp³-hybridized carbons (Fsp3) is 0.211. The van der Waals surface area contributed by atoms with Gasteiger partial charge in [-0.05, 0) is 54.8 Å². The van der Waals surface area contributed by atoms with Crippen LogP contribution in [-0.4, -0.2) is 9.55 Å². The molecule has 0 aliphatic rings. The maximum Gasteiger partial charge on any atom is 0.0870 e. The number of aromatic nitrogens is 2. The van der Waals surface area contributed by atoms with Crippen LogP contribution in [0.25, 0.3) is 17.1 Å². The van der Waals surface area contributed by atoms with Gasteiger partial charge in [-0.15, -0.1) is 0 Å². The first-order chi connectivity index (χ1) is 10.2. The molecule has 2 aromatic heterocycles. The first-order valence-electron chi connectivity index (χ1n) is 7.37. The standard InChI is InChI=1S/C19H20N2/c1-14(2)16-8-10-17(11-9-16)21-15(3)7-12-19(21)18-6-4-5-13-20-18/h4-14H,1-3H3. The van der Waals surface area contributed by atoms with Gasteiger partial charge < -0.3 is 4.57 Å². The lowest BCUT2D eigenvalue weighted by atomic mass is 10.0. The number of rotatable bonds is 3. The molecule has 1 aromatic carbocycles. The van der Waals surface area contributed by atoms with E-state index < -0.39 is 0 Å². The van der Waals surface area contributed by atoms with Gasteiger partial charge in [0, 0.05) is 17.6 Å². The van der Waals surface area contributed by atoms with Crippen molar-refractivity contribution in [3.05, 3.63) is 72.1 Å². The van der Waals surface area contributed by atoms with E-state index in [1.807, 2.05) is 24.4 Å². The minimum Gasteiger partial charge on any atom is -0.312 e. The van der Waals surface area contributed by atoms with Crippen LogP contribution in [-0.2, 0) is 0 Å². The van der Waals surface area contributed by atoms with E-state index in [2.05, 4.69) is 66.7 Å². The molecule has 0 amide bonds. The zero-order valence-electron chi connectivity index (χ0n) is 12.7. The van der Waals surface area contributed by atoms with Crippen LogP contribution < -0.4 is 0 Å². The zero-order chi connectivity index (χ0) is 14.8. The molecular formula is C19H20N2. The van der Waals surface area contributed by atoms with E-state index >= 15 is 0 Å². The summed E-state index contributed by atoms with van der Waals surface area (Å²) in [6.45, 7) is 6.56. The fourth-order valence-electron chi connectivity index (χ4n) is 2.60. The molecule has 0 radical (unpaired) electrons. The molecule has 0 fully saturated rings. The van der Waals surface area contributed by atoms with E-state index in [9.17, 15) is 0 Å². The van der Waals surface area contributed by atoms with E-state index in [0.717, 1.165) is 11.4 Å². The van der Waals surface area contributed by atoms with Gasteiger partial charge >= 0.3 is 0 Å². The highest BCUT2D eigenvalue weighted by Crippen LogP contribution is 2.26. The predicted octanol–water partition coefficient (Wildman–Crippen LogP) is 4.97. The van der Waals surface area contributed by atoms with Crippen molar-refractivity contribution < 1.29 is 0 Å². The van der Waals surface area contributed by atoms with Crippen molar-refractivity contribution in [1.82, 2.24) is 9.55 Å². The molecule has 0 saturated heterocycles. The second-order valence-corrected chi connectivity index (χ2v) is 5.66. The minimum atomic E-state index is 0.556. The number of hydrogen-bond donors (Lipinski definition) is 0. The molecule has 3 aromatic rings. The number of benzene rings is 1. The topological polar surface area (TPSA) is 17.8 Å². The highest BCUT2D eigenvalue weighted by Gasteiger charge is 2.10. The molecule has 0 aliphatic carbocycles. The molecule has 2 heterocycles. The van der Waals surface area contributed by atoms with Crippen molar-refractivity contribution in [1.29, 1.82) is 0 Å². The van der Waals surface area contributed by atoms with Gasteiger partial charge in [0.05, 0.1) is 11.4 Å². The molecule has 2 heteroatoms. The van der Waals surface area contributed by atoms with Crippen molar-refractivity contribution in [3.63, 3.8) is 0 Å². The zero-order valence-corrected chi connectivity index (χ0v) is 12.7. The Morgan fingerprint density at radius 1 is 0.905 bits per heavy atom. The summed E-state index contributed by atoms with van der Waals surface area (Å²) >= 11 is 0. The number of pyridine rings is 1. The van der Waals surface area contributed by atoms with Gasteiger partial charge in [0.2, 0.25) is 0 Å². The van der Waals surface area contributed by atoms with Gasteiger partial charge in [0.25, 0.3) is 0 Å². The Morgan fingerprint density at radius 3 is 2.29 bits per heavy atom. The molecule has 3 rings (SSSR count). The lowest BCUT2D eigenvalue weighted by Gasteiger charge is -2.13. The number of nitrogens with zero attached hydrogens (tertiary/aromatic N) is 2. The fourth-order valence-corrected chi connectivity index (χ4v) is 2.60. The SMILES string of the molecule is Cc1ccc(-c2ccccn2)n1-c1ccc(C(C)C)cc1. The molecule has 0 bridgehead atoms. The summed E-state index contributed by atoms with van der Waals surface area (Å²) in [7, 11) is 0. The average molecular weight is 276 g/mol. The maximum atomic E-state index is 4.47. The van der Waals surface area contributed by atoms with E-state index in [1.54, 1.807) is 0 Å². The van der Waals surface area contributed by atoms with Crippen molar-refractivity contribution in [2.75, 3.05) is 0 Å². The molecule has 21 heavy (non-hydrogen) atoms. The quantitative estimate of drug-likeness (QED) is 0.660. The Hall–Kier alpha value is -2.35. The summed E-state index contributed by atoms with van der Waals surface area (Å²) in [5, 5.41) is 0. The number of aryl methyl sites for hydroxylation is 1. The third kappa shape index (κ3) is 2.62. The second kappa shape index (κ2) is 5.57. The Bertz CT molecular complexity index is 722. The lowest BCUT2D eigenvalue weighted by molar-refractivity contribution is 0.864. The molecule has 0 atom stereocenters. The van der Waals surface area contributed by atoms with Crippen LogP contribution >= 0.6 is 0 Å². The molecule has 0 aliphatic heterocycles. The summed E-state index contributed by atoms with van der Waals surface area (Å²) < 4.78 is 2.26. The van der Waals surface area contributed by atoms with Crippen molar-refractivity contribution in [2.45, 2.75) is 26.7 Å². The predicted molar refractivity (Wildman–Crippen MR) is 87.8 cm³/mol. The average Bonchev–Trinajstić information content (AvgIpc) is 2.90. The Kier molecular flexibility index (Phi) is 3.61. The van der Waals surface area contributed by atoms with Crippen molar-refractivity contribution >= 4 is 0 Å². The van der Waals surface area contributed by atoms with Gasteiger partial charge in [0.15, 0.2) is 0 Å². The number of hydrogen-bond acceptors (Lipinski definition) is 1. The molecule has 2 nitrogen and oxygen atoms in total. The molecule has 0 spiro atoms.